The van der Waals surface area contributed by atoms with Crippen LogP contribution in [0, 0.1) is 0 Å². The number of primary amides is 1. The number of carbonyl (C=O) groups is 2. The van der Waals surface area contributed by atoms with Crippen LogP contribution in [0.2, 0.25) is 0 Å². The fourth-order valence-corrected chi connectivity index (χ4v) is 1.11. The Kier molecular flexibility index (Phi) is 3.34. The van der Waals surface area contributed by atoms with Crippen molar-refractivity contribution in [1.82, 2.24) is 0 Å². The molecule has 0 radical (unpaired) electrons. The number of nitrogens with two attached hydrogens (primary N) is 2. The number of aliphatic carboxylic acids is 1. The molecule has 1 rings (SSSR count). The Bertz CT molecular complexity index is 431. The van der Waals surface area contributed by atoms with Crippen molar-refractivity contribution in [3.63, 3.8) is 0 Å². The molecule has 1 aromatic rings. The molecule has 6 heteroatoms. The van der Waals surface area contributed by atoms with Crippen molar-refractivity contribution in [2.75, 3.05) is 5.73 Å². The number of hydrogen-bond acceptors (Lipinski definition) is 4. The van der Waals surface area contributed by atoms with Crippen molar-refractivity contribution in [3.05, 3.63) is 23.8 Å². The Morgan fingerprint density at radius 2 is 2.06 bits per heavy atom. The molecule has 1 amide bonds. The number of carbonyl (C=O) groups excluding carboxylic acids is 1. The van der Waals surface area contributed by atoms with Gasteiger partial charge < -0.3 is 21.3 Å². The van der Waals surface area contributed by atoms with Gasteiger partial charge in [0.05, 0.1) is 11.3 Å². The number of carboxylic acids is 1. The Balaban J connectivity index is 3.11. The average molecular weight is 224 g/mol. The second kappa shape index (κ2) is 4.52. The normalized spacial score (nSPS) is 11.8. The molecule has 0 bridgehead atoms. The maximum atomic E-state index is 11.1. The summed E-state index contributed by atoms with van der Waals surface area (Å²) in [6.07, 6.45) is -1.11. The number of benzene rings is 1. The molecule has 0 fully saturated rings. The van der Waals surface area contributed by atoms with E-state index in [2.05, 4.69) is 0 Å². The SMILES string of the molecule is CC(Oc1c(N)cccc1C(N)=O)C(=O)O. The highest BCUT2D eigenvalue weighted by Crippen LogP contribution is 2.27. The monoisotopic (exact) mass is 224 g/mol. The predicted molar refractivity (Wildman–Crippen MR) is 57.1 cm³/mol. The van der Waals surface area contributed by atoms with Gasteiger partial charge in [0, 0.05) is 0 Å². The molecule has 6 nitrogen and oxygen atoms in total. The minimum absolute atomic E-state index is 0.00454. The van der Waals surface area contributed by atoms with Gasteiger partial charge in [-0.1, -0.05) is 6.07 Å². The fraction of sp³-hybridized carbons (Fsp3) is 0.200. The van der Waals surface area contributed by atoms with Crippen LogP contribution in [0.3, 0.4) is 0 Å². The summed E-state index contributed by atoms with van der Waals surface area (Å²) in [6.45, 7) is 1.33. The number of rotatable bonds is 4. The van der Waals surface area contributed by atoms with Gasteiger partial charge in [-0.3, -0.25) is 4.79 Å². The van der Waals surface area contributed by atoms with E-state index in [0.29, 0.717) is 0 Å². The third kappa shape index (κ3) is 2.41. The summed E-state index contributed by atoms with van der Waals surface area (Å²) in [5.41, 5.74) is 10.9. The molecule has 1 unspecified atom stereocenters. The molecular weight excluding hydrogens is 212 g/mol. The summed E-state index contributed by atoms with van der Waals surface area (Å²) in [5, 5.41) is 8.68. The second-order valence-corrected chi connectivity index (χ2v) is 3.19. The van der Waals surface area contributed by atoms with Gasteiger partial charge in [-0.2, -0.15) is 0 Å². The van der Waals surface area contributed by atoms with Gasteiger partial charge in [-0.15, -0.1) is 0 Å². The van der Waals surface area contributed by atoms with E-state index in [1.54, 1.807) is 0 Å². The van der Waals surface area contributed by atoms with Gasteiger partial charge in [0.25, 0.3) is 5.91 Å². The van der Waals surface area contributed by atoms with E-state index in [1.807, 2.05) is 0 Å². The minimum Gasteiger partial charge on any atom is -0.479 e. The first kappa shape index (κ1) is 11.8. The highest BCUT2D eigenvalue weighted by Gasteiger charge is 2.18. The molecule has 16 heavy (non-hydrogen) atoms. The number of ether oxygens (including phenoxy) is 1. The third-order valence-corrected chi connectivity index (χ3v) is 1.95. The summed E-state index contributed by atoms with van der Waals surface area (Å²) >= 11 is 0. The molecule has 0 saturated carbocycles. The van der Waals surface area contributed by atoms with Crippen molar-refractivity contribution in [2.24, 2.45) is 5.73 Å². The van der Waals surface area contributed by atoms with Crippen LogP contribution in [0.5, 0.6) is 5.75 Å². The zero-order valence-corrected chi connectivity index (χ0v) is 8.64. The van der Waals surface area contributed by atoms with Crippen LogP contribution in [-0.2, 0) is 4.79 Å². The van der Waals surface area contributed by atoms with Gasteiger partial charge in [-0.25, -0.2) is 4.79 Å². The molecule has 1 aromatic carbocycles. The van der Waals surface area contributed by atoms with E-state index >= 15 is 0 Å². The maximum Gasteiger partial charge on any atom is 0.344 e. The lowest BCUT2D eigenvalue weighted by Crippen LogP contribution is -2.25. The van der Waals surface area contributed by atoms with Crippen molar-refractivity contribution >= 4 is 17.6 Å². The highest BCUT2D eigenvalue weighted by molar-refractivity contribution is 5.97. The van der Waals surface area contributed by atoms with Gasteiger partial charge >= 0.3 is 5.97 Å². The summed E-state index contributed by atoms with van der Waals surface area (Å²) in [4.78, 5) is 21.7. The summed E-state index contributed by atoms with van der Waals surface area (Å²) in [7, 11) is 0. The number of hydrogen-bond donors (Lipinski definition) is 3. The highest BCUT2D eigenvalue weighted by atomic mass is 16.5. The summed E-state index contributed by atoms with van der Waals surface area (Å²) < 4.78 is 5.07. The number of anilines is 1. The third-order valence-electron chi connectivity index (χ3n) is 1.95. The zero-order chi connectivity index (χ0) is 12.3. The van der Waals surface area contributed by atoms with E-state index in [9.17, 15) is 9.59 Å². The topological polar surface area (TPSA) is 116 Å². The number of carboxylic acid groups (broad SMARTS) is 1. The molecule has 0 aliphatic heterocycles. The smallest absolute Gasteiger partial charge is 0.344 e. The lowest BCUT2D eigenvalue weighted by molar-refractivity contribution is -0.144. The maximum absolute atomic E-state index is 11.1. The molecular formula is C10H12N2O4. The quantitative estimate of drug-likeness (QED) is 0.632. The van der Waals surface area contributed by atoms with E-state index in [-0.39, 0.29) is 17.0 Å². The number of para-hydroxylation sites is 1. The summed E-state index contributed by atoms with van der Waals surface area (Å²) in [5.74, 6) is -1.87. The molecule has 0 aliphatic carbocycles. The van der Waals surface area contributed by atoms with Crippen LogP contribution in [0.25, 0.3) is 0 Å². The second-order valence-electron chi connectivity index (χ2n) is 3.19. The van der Waals surface area contributed by atoms with Crippen molar-refractivity contribution in [3.8, 4) is 5.75 Å². The van der Waals surface area contributed by atoms with Crippen molar-refractivity contribution in [1.29, 1.82) is 0 Å². The standard InChI is InChI=1S/C10H12N2O4/c1-5(10(14)15)16-8-6(9(12)13)3-2-4-7(8)11/h2-5H,11H2,1H3,(H2,12,13)(H,14,15). The molecule has 1 atom stereocenters. The average Bonchev–Trinajstić information content (AvgIpc) is 2.20. The van der Waals surface area contributed by atoms with E-state index < -0.39 is 18.0 Å². The largest absolute Gasteiger partial charge is 0.479 e. The minimum atomic E-state index is -1.15. The van der Waals surface area contributed by atoms with Crippen LogP contribution >= 0.6 is 0 Å². The van der Waals surface area contributed by atoms with Crippen LogP contribution in [0.1, 0.15) is 17.3 Å². The van der Waals surface area contributed by atoms with E-state index in [1.165, 1.54) is 25.1 Å². The number of amides is 1. The molecule has 0 spiro atoms. The van der Waals surface area contributed by atoms with Crippen LogP contribution in [0.4, 0.5) is 5.69 Å². The first-order valence-corrected chi connectivity index (χ1v) is 4.51. The molecule has 0 aliphatic rings. The summed E-state index contributed by atoms with van der Waals surface area (Å²) in [6, 6.07) is 4.45. The molecule has 0 saturated heterocycles. The molecule has 86 valence electrons. The first-order chi connectivity index (χ1) is 7.43. The fourth-order valence-electron chi connectivity index (χ4n) is 1.11. The van der Waals surface area contributed by atoms with Gasteiger partial charge in [0.15, 0.2) is 11.9 Å². The van der Waals surface area contributed by atoms with Crippen LogP contribution < -0.4 is 16.2 Å². The molecule has 0 aromatic heterocycles. The zero-order valence-electron chi connectivity index (χ0n) is 8.64. The Morgan fingerprint density at radius 3 is 2.56 bits per heavy atom. The van der Waals surface area contributed by atoms with Crippen molar-refractivity contribution in [2.45, 2.75) is 13.0 Å². The van der Waals surface area contributed by atoms with Gasteiger partial charge in [0.2, 0.25) is 0 Å². The predicted octanol–water partition coefficient (Wildman–Crippen LogP) is 0.220. The first-order valence-electron chi connectivity index (χ1n) is 4.51. The number of nitrogen functional groups attached to an aromatic ring is 1. The van der Waals surface area contributed by atoms with E-state index in [4.69, 9.17) is 21.3 Å². The van der Waals surface area contributed by atoms with Crippen LogP contribution in [0.15, 0.2) is 18.2 Å². The van der Waals surface area contributed by atoms with Crippen LogP contribution in [-0.4, -0.2) is 23.1 Å². The lowest BCUT2D eigenvalue weighted by Gasteiger charge is -2.14. The Labute approximate surface area is 91.8 Å². The molecule has 0 heterocycles. The van der Waals surface area contributed by atoms with Gasteiger partial charge in [0.1, 0.15) is 0 Å². The lowest BCUT2D eigenvalue weighted by atomic mass is 10.1. The van der Waals surface area contributed by atoms with E-state index in [0.717, 1.165) is 0 Å². The van der Waals surface area contributed by atoms with Gasteiger partial charge in [-0.05, 0) is 19.1 Å². The Hall–Kier alpha value is -2.24. The molecule has 5 N–H and O–H groups in total. The Morgan fingerprint density at radius 1 is 1.44 bits per heavy atom. The van der Waals surface area contributed by atoms with Crippen molar-refractivity contribution < 1.29 is 19.4 Å².